The lowest BCUT2D eigenvalue weighted by Crippen LogP contribution is -2.41. The number of likely N-dealkylation sites (tertiary alicyclic amines) is 1. The second-order valence-corrected chi connectivity index (χ2v) is 5.27. The number of amides is 1. The van der Waals surface area contributed by atoms with E-state index in [0.717, 1.165) is 0 Å². The molecular formula is C11H19NO5. The van der Waals surface area contributed by atoms with Crippen LogP contribution in [0.2, 0.25) is 0 Å². The number of carboxylic acids is 1. The SMILES string of the molecule is CC(C)(C)OC(=O)N1C[C@H](O)C[C@@H]1CC(=O)O. The topological polar surface area (TPSA) is 87.1 Å². The van der Waals surface area contributed by atoms with Gasteiger partial charge in [0.2, 0.25) is 0 Å². The van der Waals surface area contributed by atoms with Crippen molar-refractivity contribution in [1.82, 2.24) is 4.90 Å². The smallest absolute Gasteiger partial charge is 0.410 e. The van der Waals surface area contributed by atoms with E-state index in [1.807, 2.05) is 0 Å². The Morgan fingerprint density at radius 2 is 2.00 bits per heavy atom. The maximum atomic E-state index is 11.8. The number of nitrogens with zero attached hydrogens (tertiary/aromatic N) is 1. The molecule has 6 heteroatoms. The van der Waals surface area contributed by atoms with Gasteiger partial charge in [-0.3, -0.25) is 4.79 Å². The summed E-state index contributed by atoms with van der Waals surface area (Å²) >= 11 is 0. The van der Waals surface area contributed by atoms with Crippen LogP contribution < -0.4 is 0 Å². The summed E-state index contributed by atoms with van der Waals surface area (Å²) in [4.78, 5) is 23.7. The third-order valence-corrected chi connectivity index (χ3v) is 2.43. The highest BCUT2D eigenvalue weighted by atomic mass is 16.6. The summed E-state index contributed by atoms with van der Waals surface area (Å²) in [5.74, 6) is -0.988. The predicted octanol–water partition coefficient (Wildman–Crippen LogP) is 0.831. The van der Waals surface area contributed by atoms with Crippen molar-refractivity contribution >= 4 is 12.1 Å². The molecule has 0 saturated carbocycles. The monoisotopic (exact) mass is 245 g/mol. The molecular weight excluding hydrogens is 226 g/mol. The number of β-amino-alcohol motifs (C(OH)–C–C–N with tert-alkyl or cyclic N) is 1. The molecule has 0 spiro atoms. The van der Waals surface area contributed by atoms with E-state index in [-0.39, 0.29) is 19.4 Å². The lowest BCUT2D eigenvalue weighted by Gasteiger charge is -2.27. The number of aliphatic carboxylic acids is 1. The Labute approximate surface area is 100 Å². The predicted molar refractivity (Wildman–Crippen MR) is 59.6 cm³/mol. The fourth-order valence-electron chi connectivity index (χ4n) is 1.83. The Morgan fingerprint density at radius 3 is 2.47 bits per heavy atom. The molecule has 2 N–H and O–H groups in total. The molecule has 2 atom stereocenters. The first-order chi connectivity index (χ1) is 7.69. The van der Waals surface area contributed by atoms with Crippen LogP contribution in [-0.2, 0) is 9.53 Å². The van der Waals surface area contributed by atoms with Crippen molar-refractivity contribution in [2.45, 2.75) is 51.4 Å². The summed E-state index contributed by atoms with van der Waals surface area (Å²) in [6, 6.07) is -0.489. The minimum absolute atomic E-state index is 0.132. The lowest BCUT2D eigenvalue weighted by molar-refractivity contribution is -0.138. The van der Waals surface area contributed by atoms with Gasteiger partial charge in [-0.15, -0.1) is 0 Å². The molecule has 0 radical (unpaired) electrons. The van der Waals surface area contributed by atoms with Gasteiger partial charge in [-0.1, -0.05) is 0 Å². The number of carbonyl (C=O) groups is 2. The van der Waals surface area contributed by atoms with Crippen LogP contribution in [0.25, 0.3) is 0 Å². The van der Waals surface area contributed by atoms with Crippen molar-refractivity contribution in [1.29, 1.82) is 0 Å². The van der Waals surface area contributed by atoms with Gasteiger partial charge in [0.25, 0.3) is 0 Å². The number of carboxylic acid groups (broad SMARTS) is 1. The number of hydrogen-bond acceptors (Lipinski definition) is 4. The first-order valence-electron chi connectivity index (χ1n) is 5.58. The van der Waals surface area contributed by atoms with Gasteiger partial charge >= 0.3 is 12.1 Å². The van der Waals surface area contributed by atoms with Crippen molar-refractivity contribution in [3.8, 4) is 0 Å². The van der Waals surface area contributed by atoms with Crippen molar-refractivity contribution < 1.29 is 24.5 Å². The summed E-state index contributed by atoms with van der Waals surface area (Å²) in [5.41, 5.74) is -0.627. The number of hydrogen-bond donors (Lipinski definition) is 2. The molecule has 98 valence electrons. The van der Waals surface area contributed by atoms with E-state index in [1.54, 1.807) is 20.8 Å². The molecule has 17 heavy (non-hydrogen) atoms. The van der Waals surface area contributed by atoms with Gasteiger partial charge in [-0.2, -0.15) is 0 Å². The summed E-state index contributed by atoms with van der Waals surface area (Å²) in [6.45, 7) is 5.35. The molecule has 1 heterocycles. The highest BCUT2D eigenvalue weighted by Gasteiger charge is 2.37. The van der Waals surface area contributed by atoms with Crippen LogP contribution in [0.3, 0.4) is 0 Å². The van der Waals surface area contributed by atoms with Gasteiger partial charge in [0, 0.05) is 6.04 Å². The first kappa shape index (κ1) is 13.8. The van der Waals surface area contributed by atoms with Crippen LogP contribution >= 0.6 is 0 Å². The second kappa shape index (κ2) is 4.91. The Hall–Kier alpha value is -1.30. The fourth-order valence-corrected chi connectivity index (χ4v) is 1.83. The molecule has 0 aromatic carbocycles. The van der Waals surface area contributed by atoms with E-state index >= 15 is 0 Å². The molecule has 0 bridgehead atoms. The van der Waals surface area contributed by atoms with E-state index < -0.39 is 29.8 Å². The van der Waals surface area contributed by atoms with Crippen molar-refractivity contribution in [3.05, 3.63) is 0 Å². The normalized spacial score (nSPS) is 24.8. The summed E-state index contributed by atoms with van der Waals surface area (Å²) in [5, 5.41) is 18.2. The first-order valence-corrected chi connectivity index (χ1v) is 5.58. The van der Waals surface area contributed by atoms with E-state index in [9.17, 15) is 14.7 Å². The van der Waals surface area contributed by atoms with Gasteiger partial charge in [-0.05, 0) is 27.2 Å². The van der Waals surface area contributed by atoms with E-state index in [2.05, 4.69) is 0 Å². The molecule has 0 aliphatic carbocycles. The zero-order valence-electron chi connectivity index (χ0n) is 10.3. The molecule has 0 aromatic heterocycles. The number of aliphatic hydroxyl groups excluding tert-OH is 1. The van der Waals surface area contributed by atoms with Crippen LogP contribution in [0.4, 0.5) is 4.79 Å². The standard InChI is InChI=1S/C11H19NO5/c1-11(2,3)17-10(16)12-6-8(13)4-7(12)5-9(14)15/h7-8,13H,4-6H2,1-3H3,(H,14,15)/t7-,8-/m1/s1. The van der Waals surface area contributed by atoms with Crippen LogP contribution in [0, 0.1) is 0 Å². The number of aliphatic hydroxyl groups is 1. The average Bonchev–Trinajstić information content (AvgIpc) is 2.42. The Morgan fingerprint density at radius 1 is 1.41 bits per heavy atom. The highest BCUT2D eigenvalue weighted by Crippen LogP contribution is 2.23. The Balaban J connectivity index is 2.66. The minimum Gasteiger partial charge on any atom is -0.481 e. The van der Waals surface area contributed by atoms with Crippen molar-refractivity contribution in [2.24, 2.45) is 0 Å². The summed E-state index contributed by atoms with van der Waals surface area (Å²) in [6.07, 6.45) is -1.13. The molecule has 0 aromatic rings. The average molecular weight is 245 g/mol. The summed E-state index contributed by atoms with van der Waals surface area (Å²) < 4.78 is 5.16. The zero-order chi connectivity index (χ0) is 13.2. The lowest BCUT2D eigenvalue weighted by atomic mass is 10.1. The molecule has 1 amide bonds. The fraction of sp³-hybridized carbons (Fsp3) is 0.818. The van der Waals surface area contributed by atoms with Gasteiger partial charge in [0.1, 0.15) is 5.60 Å². The molecule has 1 rings (SSSR count). The Kier molecular flexibility index (Phi) is 3.98. The van der Waals surface area contributed by atoms with Gasteiger partial charge in [0.05, 0.1) is 19.1 Å². The van der Waals surface area contributed by atoms with E-state index in [1.165, 1.54) is 4.90 Å². The van der Waals surface area contributed by atoms with Crippen LogP contribution in [0.15, 0.2) is 0 Å². The molecule has 1 fully saturated rings. The molecule has 0 unspecified atom stereocenters. The second-order valence-electron chi connectivity index (χ2n) is 5.27. The van der Waals surface area contributed by atoms with Gasteiger partial charge in [-0.25, -0.2) is 4.79 Å². The third-order valence-electron chi connectivity index (χ3n) is 2.43. The molecule has 1 aliphatic rings. The Bertz CT molecular complexity index is 309. The molecule has 1 aliphatic heterocycles. The minimum atomic E-state index is -0.988. The maximum Gasteiger partial charge on any atom is 0.410 e. The summed E-state index contributed by atoms with van der Waals surface area (Å²) in [7, 11) is 0. The van der Waals surface area contributed by atoms with Crippen LogP contribution in [-0.4, -0.2) is 51.5 Å². The quantitative estimate of drug-likeness (QED) is 0.752. The number of ether oxygens (including phenoxy) is 1. The molecule has 6 nitrogen and oxygen atoms in total. The molecule has 1 saturated heterocycles. The third kappa shape index (κ3) is 4.22. The zero-order valence-corrected chi connectivity index (χ0v) is 10.3. The largest absolute Gasteiger partial charge is 0.481 e. The van der Waals surface area contributed by atoms with Gasteiger partial charge < -0.3 is 19.8 Å². The number of rotatable bonds is 2. The highest BCUT2D eigenvalue weighted by molar-refractivity contribution is 5.72. The van der Waals surface area contributed by atoms with Crippen LogP contribution in [0.5, 0.6) is 0 Å². The number of carbonyl (C=O) groups excluding carboxylic acids is 1. The van der Waals surface area contributed by atoms with E-state index in [4.69, 9.17) is 9.84 Å². The van der Waals surface area contributed by atoms with Crippen molar-refractivity contribution in [3.63, 3.8) is 0 Å². The van der Waals surface area contributed by atoms with Crippen LogP contribution in [0.1, 0.15) is 33.6 Å². The maximum absolute atomic E-state index is 11.8. The van der Waals surface area contributed by atoms with E-state index in [0.29, 0.717) is 0 Å². The van der Waals surface area contributed by atoms with Crippen molar-refractivity contribution in [2.75, 3.05) is 6.54 Å². The van der Waals surface area contributed by atoms with Gasteiger partial charge in [0.15, 0.2) is 0 Å².